The van der Waals surface area contributed by atoms with Gasteiger partial charge < -0.3 is 10.2 Å². The third kappa shape index (κ3) is 7.07. The zero-order valence-electron chi connectivity index (χ0n) is 22.9. The molecule has 2 amide bonds. The van der Waals surface area contributed by atoms with Crippen molar-refractivity contribution in [3.05, 3.63) is 95.8 Å². The molecule has 1 atom stereocenters. The zero-order valence-corrected chi connectivity index (χ0v) is 23.7. The third-order valence-electron chi connectivity index (χ3n) is 7.29. The molecule has 1 aliphatic rings. The number of nitrogens with zero attached hydrogens (tertiary/aromatic N) is 2. The highest BCUT2D eigenvalue weighted by molar-refractivity contribution is 7.92. The van der Waals surface area contributed by atoms with Crippen LogP contribution >= 0.6 is 0 Å². The lowest BCUT2D eigenvalue weighted by molar-refractivity contribution is -0.140. The fourth-order valence-corrected chi connectivity index (χ4v) is 6.45. The van der Waals surface area contributed by atoms with Crippen LogP contribution in [0.3, 0.4) is 0 Å². The van der Waals surface area contributed by atoms with Gasteiger partial charge in [-0.15, -0.1) is 0 Å². The van der Waals surface area contributed by atoms with E-state index >= 15 is 0 Å². The quantitative estimate of drug-likeness (QED) is 0.347. The Bertz CT molecular complexity index is 1390. The van der Waals surface area contributed by atoms with E-state index in [1.807, 2.05) is 13.8 Å². The number of anilines is 1. The van der Waals surface area contributed by atoms with Crippen molar-refractivity contribution in [2.24, 2.45) is 0 Å². The van der Waals surface area contributed by atoms with Gasteiger partial charge in [0.1, 0.15) is 18.4 Å². The van der Waals surface area contributed by atoms with Gasteiger partial charge in [0.2, 0.25) is 11.8 Å². The average Bonchev–Trinajstić information content (AvgIpc) is 3.46. The van der Waals surface area contributed by atoms with Gasteiger partial charge in [-0.05, 0) is 68.1 Å². The van der Waals surface area contributed by atoms with Gasteiger partial charge in [0.25, 0.3) is 10.0 Å². The summed E-state index contributed by atoms with van der Waals surface area (Å²) in [5.41, 5.74) is 1.88. The van der Waals surface area contributed by atoms with Crippen LogP contribution in [-0.2, 0) is 26.2 Å². The minimum atomic E-state index is -4.11. The monoisotopic (exact) mass is 565 g/mol. The number of para-hydroxylation sites is 1. The first kappa shape index (κ1) is 29.3. The summed E-state index contributed by atoms with van der Waals surface area (Å²) in [5, 5.41) is 3.08. The predicted molar refractivity (Wildman–Crippen MR) is 154 cm³/mol. The minimum Gasteiger partial charge on any atom is -0.352 e. The van der Waals surface area contributed by atoms with Crippen LogP contribution in [0.25, 0.3) is 0 Å². The molecule has 40 heavy (non-hydrogen) atoms. The molecule has 3 aromatic rings. The Morgan fingerprint density at radius 2 is 1.57 bits per heavy atom. The number of amides is 2. The zero-order chi connectivity index (χ0) is 28.7. The molecule has 0 bridgehead atoms. The van der Waals surface area contributed by atoms with Crippen molar-refractivity contribution in [1.82, 2.24) is 10.2 Å². The highest BCUT2D eigenvalue weighted by Crippen LogP contribution is 2.25. The van der Waals surface area contributed by atoms with Crippen molar-refractivity contribution in [3.63, 3.8) is 0 Å². The van der Waals surface area contributed by atoms with Crippen molar-refractivity contribution >= 4 is 27.5 Å². The normalized spacial score (nSPS) is 14.5. The maximum absolute atomic E-state index is 14.0. The Morgan fingerprint density at radius 1 is 0.950 bits per heavy atom. The standard InChI is InChI=1S/C31H36FN3O4S/c1-3-29(31(37)33-26-9-7-8-10-26)34(21-24-15-17-25(32)18-16-24)30(36)22-35(27-11-5-4-6-12-27)40(38,39)28-19-13-23(2)14-20-28/h4-6,11-20,26,29H,3,7-10,21-22H2,1-2H3,(H,33,37). The SMILES string of the molecule is CCC(C(=O)NC1CCCC1)N(Cc1ccc(F)cc1)C(=O)CN(c1ccccc1)S(=O)(=O)c1ccc(C)cc1. The molecular formula is C31H36FN3O4S. The Hall–Kier alpha value is -3.72. The van der Waals surface area contributed by atoms with Crippen molar-refractivity contribution in [3.8, 4) is 0 Å². The summed E-state index contributed by atoms with van der Waals surface area (Å²) in [7, 11) is -4.11. The van der Waals surface area contributed by atoms with E-state index in [0.29, 0.717) is 17.7 Å². The number of halogens is 1. The molecule has 0 aliphatic heterocycles. The number of carbonyl (C=O) groups is 2. The third-order valence-corrected chi connectivity index (χ3v) is 9.07. The van der Waals surface area contributed by atoms with Gasteiger partial charge in [0.05, 0.1) is 10.6 Å². The predicted octanol–water partition coefficient (Wildman–Crippen LogP) is 5.20. The maximum atomic E-state index is 14.0. The Kier molecular flexibility index (Phi) is 9.58. The van der Waals surface area contributed by atoms with E-state index in [4.69, 9.17) is 0 Å². The second-order valence-electron chi connectivity index (χ2n) is 10.2. The minimum absolute atomic E-state index is 0.0307. The molecule has 1 unspecified atom stereocenters. The molecule has 212 valence electrons. The van der Waals surface area contributed by atoms with Crippen LogP contribution in [0.4, 0.5) is 10.1 Å². The number of nitrogens with one attached hydrogen (secondary N) is 1. The molecule has 0 aromatic heterocycles. The second-order valence-corrected chi connectivity index (χ2v) is 12.1. The Morgan fingerprint density at radius 3 is 2.17 bits per heavy atom. The Balaban J connectivity index is 1.68. The highest BCUT2D eigenvalue weighted by atomic mass is 32.2. The van der Waals surface area contributed by atoms with Gasteiger partial charge in [-0.25, -0.2) is 12.8 Å². The molecule has 1 aliphatic carbocycles. The fourth-order valence-electron chi connectivity index (χ4n) is 5.03. The number of hydrogen-bond acceptors (Lipinski definition) is 4. The molecule has 7 nitrogen and oxygen atoms in total. The van der Waals surface area contributed by atoms with Gasteiger partial charge in [-0.1, -0.05) is 67.8 Å². The van der Waals surface area contributed by atoms with Crippen LogP contribution in [0.2, 0.25) is 0 Å². The first-order valence-corrected chi connectivity index (χ1v) is 15.1. The molecule has 9 heteroatoms. The van der Waals surface area contributed by atoms with E-state index in [2.05, 4.69) is 5.32 Å². The van der Waals surface area contributed by atoms with Crippen molar-refractivity contribution < 1.29 is 22.4 Å². The maximum Gasteiger partial charge on any atom is 0.264 e. The summed E-state index contributed by atoms with van der Waals surface area (Å²) in [5.74, 6) is -1.21. The lowest BCUT2D eigenvalue weighted by Gasteiger charge is -2.33. The van der Waals surface area contributed by atoms with Crippen LogP contribution < -0.4 is 9.62 Å². The number of hydrogen-bond donors (Lipinski definition) is 1. The van der Waals surface area contributed by atoms with Crippen molar-refractivity contribution in [2.45, 2.75) is 69.5 Å². The van der Waals surface area contributed by atoms with E-state index in [1.165, 1.54) is 29.2 Å². The number of sulfonamides is 1. The summed E-state index contributed by atoms with van der Waals surface area (Å²) < 4.78 is 42.4. The first-order valence-electron chi connectivity index (χ1n) is 13.7. The average molecular weight is 566 g/mol. The van der Waals surface area contributed by atoms with Gasteiger partial charge in [0, 0.05) is 12.6 Å². The summed E-state index contributed by atoms with van der Waals surface area (Å²) in [6.07, 6.45) is 4.21. The Labute approximate surface area is 236 Å². The van der Waals surface area contributed by atoms with Crippen molar-refractivity contribution in [1.29, 1.82) is 0 Å². The van der Waals surface area contributed by atoms with Gasteiger partial charge >= 0.3 is 0 Å². The second kappa shape index (κ2) is 13.1. The van der Waals surface area contributed by atoms with Crippen LogP contribution in [0, 0.1) is 12.7 Å². The summed E-state index contributed by atoms with van der Waals surface area (Å²) in [6, 6.07) is 19.9. The molecule has 0 saturated heterocycles. The number of rotatable bonds is 11. The number of benzene rings is 3. The molecule has 0 radical (unpaired) electrons. The van der Waals surface area contributed by atoms with Gasteiger partial charge in [-0.2, -0.15) is 0 Å². The summed E-state index contributed by atoms with van der Waals surface area (Å²) in [6.45, 7) is 3.21. The topological polar surface area (TPSA) is 86.8 Å². The van der Waals surface area contributed by atoms with E-state index < -0.39 is 34.3 Å². The molecular weight excluding hydrogens is 529 g/mol. The smallest absolute Gasteiger partial charge is 0.264 e. The molecule has 0 heterocycles. The molecule has 1 fully saturated rings. The van der Waals surface area contributed by atoms with E-state index in [0.717, 1.165) is 35.6 Å². The molecule has 1 N–H and O–H groups in total. The lowest BCUT2D eigenvalue weighted by Crippen LogP contribution is -2.53. The van der Waals surface area contributed by atoms with E-state index in [9.17, 15) is 22.4 Å². The molecule has 4 rings (SSSR count). The fraction of sp³-hybridized carbons (Fsp3) is 0.355. The number of aryl methyl sites for hydroxylation is 1. The summed E-state index contributed by atoms with van der Waals surface area (Å²) >= 11 is 0. The van der Waals surface area contributed by atoms with Crippen LogP contribution in [0.5, 0.6) is 0 Å². The largest absolute Gasteiger partial charge is 0.352 e. The molecule has 0 spiro atoms. The molecule has 1 saturated carbocycles. The van der Waals surface area contributed by atoms with Gasteiger partial charge in [-0.3, -0.25) is 13.9 Å². The molecule has 3 aromatic carbocycles. The van der Waals surface area contributed by atoms with Crippen LogP contribution in [0.1, 0.15) is 50.2 Å². The first-order chi connectivity index (χ1) is 19.2. The van der Waals surface area contributed by atoms with Gasteiger partial charge in [0.15, 0.2) is 0 Å². The van der Waals surface area contributed by atoms with E-state index in [-0.39, 0.29) is 23.4 Å². The van der Waals surface area contributed by atoms with E-state index in [1.54, 1.807) is 54.6 Å². The van der Waals surface area contributed by atoms with Crippen LogP contribution in [-0.4, -0.2) is 43.8 Å². The highest BCUT2D eigenvalue weighted by Gasteiger charge is 2.34. The summed E-state index contributed by atoms with van der Waals surface area (Å²) in [4.78, 5) is 28.9. The van der Waals surface area contributed by atoms with Crippen molar-refractivity contribution in [2.75, 3.05) is 10.8 Å². The number of carbonyl (C=O) groups excluding carboxylic acids is 2. The lowest BCUT2D eigenvalue weighted by atomic mass is 10.1. The van der Waals surface area contributed by atoms with Crippen LogP contribution in [0.15, 0.2) is 83.8 Å².